The largest absolute Gasteiger partial charge is 0.435 e. The van der Waals surface area contributed by atoms with E-state index in [-0.39, 0.29) is 5.75 Å². The molecule has 7 heteroatoms. The molecule has 0 fully saturated rings. The van der Waals surface area contributed by atoms with E-state index in [4.69, 9.17) is 0 Å². The highest BCUT2D eigenvalue weighted by Gasteiger charge is 2.14. The van der Waals surface area contributed by atoms with Crippen molar-refractivity contribution in [3.63, 3.8) is 0 Å². The lowest BCUT2D eigenvalue weighted by Gasteiger charge is -2.11. The lowest BCUT2D eigenvalue weighted by molar-refractivity contribution is -0.0503. The van der Waals surface area contributed by atoms with Gasteiger partial charge in [-0.05, 0) is 28.9 Å². The van der Waals surface area contributed by atoms with Gasteiger partial charge in [0.05, 0.1) is 15.9 Å². The highest BCUT2D eigenvalue weighted by atomic mass is 79.9. The molecule has 0 N–H and O–H groups in total. The summed E-state index contributed by atoms with van der Waals surface area (Å²) in [4.78, 5) is 8.61. The van der Waals surface area contributed by atoms with Gasteiger partial charge >= 0.3 is 6.61 Å². The second-order valence-electron chi connectivity index (χ2n) is 4.75. The van der Waals surface area contributed by atoms with E-state index in [9.17, 15) is 8.78 Å². The van der Waals surface area contributed by atoms with Crippen molar-refractivity contribution in [1.29, 1.82) is 0 Å². The van der Waals surface area contributed by atoms with Gasteiger partial charge in [0.15, 0.2) is 0 Å². The summed E-state index contributed by atoms with van der Waals surface area (Å²) in [6.45, 7) is -0.977. The minimum Gasteiger partial charge on any atom is -0.435 e. The van der Waals surface area contributed by atoms with E-state index in [1.54, 1.807) is 24.4 Å². The normalized spacial score (nSPS) is 11.3. The monoisotopic (exact) mass is 367 g/mol. The Labute approximate surface area is 133 Å². The van der Waals surface area contributed by atoms with Crippen molar-refractivity contribution in [2.45, 2.75) is 20.0 Å². The average Bonchev–Trinajstić information content (AvgIpc) is 2.76. The molecule has 2 heterocycles. The number of fused-ring (bicyclic) bond motifs is 1. The number of aryl methyl sites for hydroxylation is 1. The van der Waals surface area contributed by atoms with Crippen LogP contribution < -0.4 is 4.74 Å². The minimum atomic E-state index is -2.85. The van der Waals surface area contributed by atoms with Crippen molar-refractivity contribution in [3.8, 4) is 5.75 Å². The number of hydrogen-bond donors (Lipinski definition) is 0. The first kappa shape index (κ1) is 14.9. The Balaban J connectivity index is 2.03. The molecule has 2 aromatic heterocycles. The topological polar surface area (TPSA) is 39.4 Å². The predicted octanol–water partition coefficient (Wildman–Crippen LogP) is 3.99. The smallest absolute Gasteiger partial charge is 0.387 e. The number of hydrogen-bond acceptors (Lipinski definition) is 3. The van der Waals surface area contributed by atoms with Gasteiger partial charge in [0, 0.05) is 24.4 Å². The maximum Gasteiger partial charge on any atom is 0.387 e. The molecule has 0 saturated heterocycles. The molecule has 0 bridgehead atoms. The van der Waals surface area contributed by atoms with Crippen LogP contribution in [0.1, 0.15) is 17.0 Å². The zero-order valence-electron chi connectivity index (χ0n) is 11.6. The van der Waals surface area contributed by atoms with Crippen LogP contribution in [-0.2, 0) is 6.42 Å². The predicted molar refractivity (Wildman–Crippen MR) is 81.3 cm³/mol. The van der Waals surface area contributed by atoms with Crippen LogP contribution >= 0.6 is 15.9 Å². The van der Waals surface area contributed by atoms with Crippen LogP contribution in [0.2, 0.25) is 0 Å². The number of ether oxygens (including phenoxy) is 1. The first-order valence-corrected chi connectivity index (χ1v) is 7.35. The van der Waals surface area contributed by atoms with Crippen LogP contribution in [0.4, 0.5) is 8.78 Å². The van der Waals surface area contributed by atoms with Crippen LogP contribution in [-0.4, -0.2) is 21.0 Å². The van der Waals surface area contributed by atoms with Crippen LogP contribution in [0.25, 0.3) is 5.78 Å². The number of alkyl halides is 2. The molecular formula is C15H12BrF2N3O. The molecule has 4 nitrogen and oxygen atoms in total. The standard InChI is InChI=1S/C15H12BrF2N3O/c1-9-12(21-8-11(16)7-19-15(21)20-9)6-10-4-2-3-5-13(10)22-14(17)18/h2-5,7-8,14H,6H2,1H3. The molecule has 0 aliphatic heterocycles. The summed E-state index contributed by atoms with van der Waals surface area (Å²) in [5.41, 5.74) is 2.36. The van der Waals surface area contributed by atoms with E-state index in [1.165, 1.54) is 6.07 Å². The van der Waals surface area contributed by atoms with Crippen molar-refractivity contribution in [2.75, 3.05) is 0 Å². The second kappa shape index (κ2) is 6.00. The van der Waals surface area contributed by atoms with Gasteiger partial charge in [-0.2, -0.15) is 8.78 Å². The summed E-state index contributed by atoms with van der Waals surface area (Å²) in [7, 11) is 0. The van der Waals surface area contributed by atoms with Gasteiger partial charge in [-0.3, -0.25) is 4.40 Å². The van der Waals surface area contributed by atoms with E-state index in [0.717, 1.165) is 15.9 Å². The molecular weight excluding hydrogens is 356 g/mol. The Bertz CT molecular complexity index is 820. The lowest BCUT2D eigenvalue weighted by Crippen LogP contribution is -2.05. The number of imidazole rings is 1. The third-order valence-corrected chi connectivity index (χ3v) is 3.70. The van der Waals surface area contributed by atoms with Gasteiger partial charge in [-0.15, -0.1) is 0 Å². The molecule has 1 aromatic carbocycles. The zero-order valence-corrected chi connectivity index (χ0v) is 13.2. The van der Waals surface area contributed by atoms with Gasteiger partial charge < -0.3 is 4.74 Å². The molecule has 114 valence electrons. The summed E-state index contributed by atoms with van der Waals surface area (Å²) < 4.78 is 32.3. The van der Waals surface area contributed by atoms with Gasteiger partial charge in [0.1, 0.15) is 5.75 Å². The number of halogens is 3. The number of aromatic nitrogens is 3. The van der Waals surface area contributed by atoms with Gasteiger partial charge in [-0.1, -0.05) is 18.2 Å². The van der Waals surface area contributed by atoms with Crippen LogP contribution in [0.15, 0.2) is 41.1 Å². The molecule has 3 aromatic rings. The number of benzene rings is 1. The zero-order chi connectivity index (χ0) is 15.7. The van der Waals surface area contributed by atoms with E-state index in [1.807, 2.05) is 17.5 Å². The molecule has 0 atom stereocenters. The molecule has 0 radical (unpaired) electrons. The second-order valence-corrected chi connectivity index (χ2v) is 5.66. The fourth-order valence-electron chi connectivity index (χ4n) is 2.32. The van der Waals surface area contributed by atoms with E-state index in [2.05, 4.69) is 30.6 Å². The minimum absolute atomic E-state index is 0.176. The molecule has 0 aliphatic rings. The van der Waals surface area contributed by atoms with Crippen molar-refractivity contribution in [1.82, 2.24) is 14.4 Å². The number of rotatable bonds is 4. The molecule has 0 amide bonds. The Morgan fingerprint density at radius 3 is 2.86 bits per heavy atom. The Morgan fingerprint density at radius 1 is 1.32 bits per heavy atom. The fourth-order valence-corrected chi connectivity index (χ4v) is 2.63. The quantitative estimate of drug-likeness (QED) is 0.699. The summed E-state index contributed by atoms with van der Waals surface area (Å²) in [6, 6.07) is 6.76. The summed E-state index contributed by atoms with van der Waals surface area (Å²) >= 11 is 3.37. The van der Waals surface area contributed by atoms with Crippen molar-refractivity contribution in [3.05, 3.63) is 58.1 Å². The van der Waals surface area contributed by atoms with Crippen LogP contribution in [0, 0.1) is 6.92 Å². The molecule has 22 heavy (non-hydrogen) atoms. The Kier molecular flexibility index (Phi) is 4.06. The third-order valence-electron chi connectivity index (χ3n) is 3.29. The molecule has 0 spiro atoms. The summed E-state index contributed by atoms with van der Waals surface area (Å²) in [6.07, 6.45) is 3.95. The van der Waals surface area contributed by atoms with E-state index < -0.39 is 6.61 Å². The SMILES string of the molecule is Cc1nc2ncc(Br)cn2c1Cc1ccccc1OC(F)F. The Hall–Kier alpha value is -2.02. The highest BCUT2D eigenvalue weighted by Crippen LogP contribution is 2.25. The summed E-state index contributed by atoms with van der Waals surface area (Å²) in [5.74, 6) is 0.748. The first-order chi connectivity index (χ1) is 10.5. The van der Waals surface area contributed by atoms with Crippen molar-refractivity contribution >= 4 is 21.7 Å². The molecule has 0 saturated carbocycles. The van der Waals surface area contributed by atoms with Gasteiger partial charge in [0.25, 0.3) is 0 Å². The van der Waals surface area contributed by atoms with Gasteiger partial charge in [-0.25, -0.2) is 9.97 Å². The van der Waals surface area contributed by atoms with Crippen LogP contribution in [0.3, 0.4) is 0 Å². The third kappa shape index (κ3) is 2.94. The van der Waals surface area contributed by atoms with E-state index in [0.29, 0.717) is 17.8 Å². The highest BCUT2D eigenvalue weighted by molar-refractivity contribution is 9.10. The van der Waals surface area contributed by atoms with Crippen molar-refractivity contribution in [2.24, 2.45) is 0 Å². The lowest BCUT2D eigenvalue weighted by atomic mass is 10.1. The van der Waals surface area contributed by atoms with Crippen molar-refractivity contribution < 1.29 is 13.5 Å². The molecule has 3 rings (SSSR count). The van der Waals surface area contributed by atoms with Crippen LogP contribution in [0.5, 0.6) is 5.75 Å². The van der Waals surface area contributed by atoms with E-state index >= 15 is 0 Å². The number of para-hydroxylation sites is 1. The van der Waals surface area contributed by atoms with Gasteiger partial charge in [0.2, 0.25) is 5.78 Å². The number of nitrogens with zero attached hydrogens (tertiary/aromatic N) is 3. The molecule has 0 unspecified atom stereocenters. The maximum absolute atomic E-state index is 12.5. The average molecular weight is 368 g/mol. The molecule has 0 aliphatic carbocycles. The Morgan fingerprint density at radius 2 is 2.09 bits per heavy atom. The maximum atomic E-state index is 12.5. The summed E-state index contributed by atoms with van der Waals surface area (Å²) in [5, 5.41) is 0. The fraction of sp³-hybridized carbons (Fsp3) is 0.200. The first-order valence-electron chi connectivity index (χ1n) is 6.56.